The van der Waals surface area contributed by atoms with E-state index in [9.17, 15) is 0 Å². The van der Waals surface area contributed by atoms with Gasteiger partial charge in [-0.25, -0.2) is 0 Å². The Morgan fingerprint density at radius 2 is 1.80 bits per heavy atom. The zero-order valence-corrected chi connectivity index (χ0v) is 13.0. The SMILES string of the molecule is CN(C)CC1CCN(CCc2ccccc2CN)CC1. The number of piperidine rings is 1. The number of nitrogens with zero attached hydrogens (tertiary/aromatic N) is 2. The third-order valence-corrected chi connectivity index (χ3v) is 4.37. The first-order chi connectivity index (χ1) is 9.69. The highest BCUT2D eigenvalue weighted by atomic mass is 15.1. The van der Waals surface area contributed by atoms with Gasteiger partial charge in [-0.3, -0.25) is 0 Å². The average molecular weight is 275 g/mol. The largest absolute Gasteiger partial charge is 0.326 e. The molecule has 0 unspecified atom stereocenters. The maximum atomic E-state index is 5.81. The van der Waals surface area contributed by atoms with Crippen molar-refractivity contribution in [1.29, 1.82) is 0 Å². The number of likely N-dealkylation sites (tertiary alicyclic amines) is 1. The molecule has 1 aliphatic heterocycles. The summed E-state index contributed by atoms with van der Waals surface area (Å²) < 4.78 is 0. The Balaban J connectivity index is 1.76. The van der Waals surface area contributed by atoms with Crippen molar-refractivity contribution in [3.63, 3.8) is 0 Å². The van der Waals surface area contributed by atoms with Crippen LogP contribution in [0.15, 0.2) is 24.3 Å². The maximum absolute atomic E-state index is 5.81. The lowest BCUT2D eigenvalue weighted by Crippen LogP contribution is -2.38. The van der Waals surface area contributed by atoms with Crippen LogP contribution in [0.4, 0.5) is 0 Å². The van der Waals surface area contributed by atoms with E-state index in [2.05, 4.69) is 48.2 Å². The molecule has 2 N–H and O–H groups in total. The van der Waals surface area contributed by atoms with E-state index in [-0.39, 0.29) is 0 Å². The number of benzene rings is 1. The molecule has 1 saturated heterocycles. The molecule has 1 aromatic rings. The Morgan fingerprint density at radius 3 is 2.40 bits per heavy atom. The van der Waals surface area contributed by atoms with Gasteiger partial charge in [0, 0.05) is 19.6 Å². The summed E-state index contributed by atoms with van der Waals surface area (Å²) in [6, 6.07) is 8.58. The zero-order valence-electron chi connectivity index (χ0n) is 13.0. The Kier molecular flexibility index (Phi) is 6.02. The van der Waals surface area contributed by atoms with E-state index in [1.807, 2.05) is 0 Å². The minimum absolute atomic E-state index is 0.654. The molecule has 3 nitrogen and oxygen atoms in total. The predicted octanol–water partition coefficient (Wildman–Crippen LogP) is 1.96. The first-order valence-electron chi connectivity index (χ1n) is 7.83. The van der Waals surface area contributed by atoms with Crippen LogP contribution in [0.1, 0.15) is 24.0 Å². The number of rotatable bonds is 6. The summed E-state index contributed by atoms with van der Waals surface area (Å²) in [5.74, 6) is 0.887. The third-order valence-electron chi connectivity index (χ3n) is 4.37. The van der Waals surface area contributed by atoms with E-state index < -0.39 is 0 Å². The molecule has 1 aliphatic rings. The highest BCUT2D eigenvalue weighted by molar-refractivity contribution is 5.27. The van der Waals surface area contributed by atoms with Crippen LogP contribution in [0.3, 0.4) is 0 Å². The van der Waals surface area contributed by atoms with Gasteiger partial charge in [-0.2, -0.15) is 0 Å². The monoisotopic (exact) mass is 275 g/mol. The van der Waals surface area contributed by atoms with Crippen LogP contribution >= 0.6 is 0 Å². The Bertz CT molecular complexity index is 395. The molecule has 0 amide bonds. The summed E-state index contributed by atoms with van der Waals surface area (Å²) in [5.41, 5.74) is 8.53. The molecule has 112 valence electrons. The van der Waals surface area contributed by atoms with E-state index >= 15 is 0 Å². The average Bonchev–Trinajstić information content (AvgIpc) is 2.46. The Labute approximate surface area is 123 Å². The topological polar surface area (TPSA) is 32.5 Å². The van der Waals surface area contributed by atoms with Gasteiger partial charge in [0.05, 0.1) is 0 Å². The van der Waals surface area contributed by atoms with Gasteiger partial charge in [-0.15, -0.1) is 0 Å². The molecule has 3 heteroatoms. The van der Waals surface area contributed by atoms with Crippen molar-refractivity contribution in [2.24, 2.45) is 11.7 Å². The molecular weight excluding hydrogens is 246 g/mol. The van der Waals surface area contributed by atoms with Gasteiger partial charge < -0.3 is 15.5 Å². The van der Waals surface area contributed by atoms with Crippen molar-refractivity contribution < 1.29 is 0 Å². The highest BCUT2D eigenvalue weighted by Crippen LogP contribution is 2.18. The molecule has 1 aromatic carbocycles. The molecule has 1 fully saturated rings. The van der Waals surface area contributed by atoms with Gasteiger partial charge in [0.2, 0.25) is 0 Å². The van der Waals surface area contributed by atoms with Crippen molar-refractivity contribution in [3.05, 3.63) is 35.4 Å². The summed E-state index contributed by atoms with van der Waals surface area (Å²) in [6.07, 6.45) is 3.82. The quantitative estimate of drug-likeness (QED) is 0.861. The van der Waals surface area contributed by atoms with E-state index in [4.69, 9.17) is 5.73 Å². The van der Waals surface area contributed by atoms with Gasteiger partial charge in [0.15, 0.2) is 0 Å². The van der Waals surface area contributed by atoms with Gasteiger partial charge >= 0.3 is 0 Å². The van der Waals surface area contributed by atoms with Crippen LogP contribution in [-0.4, -0.2) is 50.1 Å². The van der Waals surface area contributed by atoms with Gasteiger partial charge in [0.1, 0.15) is 0 Å². The summed E-state index contributed by atoms with van der Waals surface area (Å²) in [5, 5.41) is 0. The molecule has 0 bridgehead atoms. The van der Waals surface area contributed by atoms with Crippen molar-refractivity contribution in [3.8, 4) is 0 Å². The van der Waals surface area contributed by atoms with Crippen molar-refractivity contribution in [2.75, 3.05) is 40.3 Å². The van der Waals surface area contributed by atoms with Crippen LogP contribution in [0.25, 0.3) is 0 Å². The summed E-state index contributed by atoms with van der Waals surface area (Å²) in [4.78, 5) is 4.93. The van der Waals surface area contributed by atoms with E-state index in [1.165, 1.54) is 50.1 Å². The fourth-order valence-electron chi connectivity index (χ4n) is 3.19. The van der Waals surface area contributed by atoms with Gasteiger partial charge in [-0.1, -0.05) is 24.3 Å². The fourth-order valence-corrected chi connectivity index (χ4v) is 3.19. The summed E-state index contributed by atoms with van der Waals surface area (Å²) >= 11 is 0. The lowest BCUT2D eigenvalue weighted by atomic mass is 9.96. The van der Waals surface area contributed by atoms with Crippen LogP contribution < -0.4 is 5.73 Å². The standard InChI is InChI=1S/C17H29N3/c1-19(2)14-15-7-10-20(11-8-15)12-9-16-5-3-4-6-17(16)13-18/h3-6,15H,7-14,18H2,1-2H3. The van der Waals surface area contributed by atoms with Crippen LogP contribution in [0.5, 0.6) is 0 Å². The summed E-state index contributed by atoms with van der Waals surface area (Å²) in [7, 11) is 4.35. The fraction of sp³-hybridized carbons (Fsp3) is 0.647. The number of nitrogens with two attached hydrogens (primary N) is 1. The van der Waals surface area contributed by atoms with Crippen LogP contribution in [0, 0.1) is 5.92 Å². The second-order valence-corrected chi connectivity index (χ2v) is 6.27. The molecule has 0 aliphatic carbocycles. The van der Waals surface area contributed by atoms with E-state index in [0.717, 1.165) is 12.3 Å². The smallest absolute Gasteiger partial charge is 0.0180 e. The predicted molar refractivity (Wildman–Crippen MR) is 85.8 cm³/mol. The normalized spacial score (nSPS) is 17.8. The third kappa shape index (κ3) is 4.58. The second-order valence-electron chi connectivity index (χ2n) is 6.27. The molecule has 0 aromatic heterocycles. The molecule has 0 spiro atoms. The van der Waals surface area contributed by atoms with Crippen molar-refractivity contribution >= 4 is 0 Å². The van der Waals surface area contributed by atoms with Gasteiger partial charge in [-0.05, 0) is 63.5 Å². The van der Waals surface area contributed by atoms with Gasteiger partial charge in [0.25, 0.3) is 0 Å². The lowest BCUT2D eigenvalue weighted by molar-refractivity contribution is 0.164. The molecule has 1 heterocycles. The second kappa shape index (κ2) is 7.77. The Hall–Kier alpha value is -0.900. The van der Waals surface area contributed by atoms with Crippen molar-refractivity contribution in [2.45, 2.75) is 25.8 Å². The molecule has 0 saturated carbocycles. The Morgan fingerprint density at radius 1 is 1.15 bits per heavy atom. The molecular formula is C17H29N3. The van der Waals surface area contributed by atoms with Crippen LogP contribution in [0.2, 0.25) is 0 Å². The van der Waals surface area contributed by atoms with E-state index in [0.29, 0.717) is 6.54 Å². The minimum atomic E-state index is 0.654. The zero-order chi connectivity index (χ0) is 14.4. The van der Waals surface area contributed by atoms with Crippen LogP contribution in [-0.2, 0) is 13.0 Å². The number of hydrogen-bond donors (Lipinski definition) is 1. The minimum Gasteiger partial charge on any atom is -0.326 e. The summed E-state index contributed by atoms with van der Waals surface area (Å²) in [6.45, 7) is 5.57. The molecule has 20 heavy (non-hydrogen) atoms. The number of hydrogen-bond acceptors (Lipinski definition) is 3. The molecule has 2 rings (SSSR count). The molecule has 0 atom stereocenters. The lowest BCUT2D eigenvalue weighted by Gasteiger charge is -2.33. The first-order valence-corrected chi connectivity index (χ1v) is 7.83. The first kappa shape index (κ1) is 15.5. The maximum Gasteiger partial charge on any atom is 0.0180 e. The van der Waals surface area contributed by atoms with Crippen molar-refractivity contribution in [1.82, 2.24) is 9.80 Å². The van der Waals surface area contributed by atoms with E-state index in [1.54, 1.807) is 0 Å². The highest BCUT2D eigenvalue weighted by Gasteiger charge is 2.19. The molecule has 0 radical (unpaired) electrons.